The molecule has 1 saturated heterocycles. The largest absolute Gasteiger partial charge is 0.322 e. The van der Waals surface area contributed by atoms with Gasteiger partial charge in [0.2, 0.25) is 0 Å². The zero-order chi connectivity index (χ0) is 11.2. The summed E-state index contributed by atoms with van der Waals surface area (Å²) in [6, 6.07) is 11.0. The molecule has 0 amide bonds. The fourth-order valence-corrected chi connectivity index (χ4v) is 2.32. The summed E-state index contributed by atoms with van der Waals surface area (Å²) < 4.78 is 0. The van der Waals surface area contributed by atoms with E-state index in [1.807, 2.05) is 12.3 Å². The van der Waals surface area contributed by atoms with Crippen LogP contribution in [-0.2, 0) is 6.54 Å². The van der Waals surface area contributed by atoms with Crippen molar-refractivity contribution in [1.29, 1.82) is 5.26 Å². The lowest BCUT2D eigenvalue weighted by Crippen LogP contribution is -2.36. The molecule has 3 nitrogen and oxygen atoms in total. The highest BCUT2D eigenvalue weighted by Crippen LogP contribution is 2.19. The van der Waals surface area contributed by atoms with E-state index in [1.165, 1.54) is 18.4 Å². The van der Waals surface area contributed by atoms with E-state index in [9.17, 15) is 0 Å². The number of likely N-dealkylation sites (tertiary alicyclic amines) is 1. The molecule has 0 bridgehead atoms. The number of hydrogen-bond donors (Lipinski definition) is 1. The van der Waals surface area contributed by atoms with Crippen molar-refractivity contribution in [3.05, 3.63) is 35.9 Å². The van der Waals surface area contributed by atoms with Crippen molar-refractivity contribution in [2.45, 2.75) is 25.4 Å². The highest BCUT2D eigenvalue weighted by atomic mass is 15.2. The van der Waals surface area contributed by atoms with Crippen LogP contribution in [0.5, 0.6) is 0 Å². The van der Waals surface area contributed by atoms with Gasteiger partial charge < -0.3 is 5.32 Å². The van der Waals surface area contributed by atoms with Crippen LogP contribution in [0.1, 0.15) is 18.4 Å². The first-order valence-corrected chi connectivity index (χ1v) is 5.80. The third-order valence-electron chi connectivity index (χ3n) is 3.14. The van der Waals surface area contributed by atoms with E-state index in [-0.39, 0.29) is 0 Å². The minimum atomic E-state index is 0.514. The van der Waals surface area contributed by atoms with Gasteiger partial charge >= 0.3 is 0 Å². The Morgan fingerprint density at radius 2 is 2.19 bits per heavy atom. The van der Waals surface area contributed by atoms with Crippen molar-refractivity contribution in [3.8, 4) is 6.19 Å². The summed E-state index contributed by atoms with van der Waals surface area (Å²) in [4.78, 5) is 2.46. The van der Waals surface area contributed by atoms with Crippen LogP contribution in [0.3, 0.4) is 0 Å². The van der Waals surface area contributed by atoms with E-state index in [0.29, 0.717) is 6.04 Å². The predicted molar refractivity (Wildman–Crippen MR) is 63.5 cm³/mol. The van der Waals surface area contributed by atoms with Crippen LogP contribution in [0.4, 0.5) is 0 Å². The average molecular weight is 215 g/mol. The second-order valence-corrected chi connectivity index (χ2v) is 4.24. The van der Waals surface area contributed by atoms with E-state index in [1.54, 1.807) is 0 Å². The quantitative estimate of drug-likeness (QED) is 0.614. The Morgan fingerprint density at radius 3 is 2.94 bits per heavy atom. The Kier molecular flexibility index (Phi) is 3.79. The van der Waals surface area contributed by atoms with E-state index in [4.69, 9.17) is 5.26 Å². The summed E-state index contributed by atoms with van der Waals surface area (Å²) in [7, 11) is 0. The van der Waals surface area contributed by atoms with Crippen LogP contribution in [0.2, 0.25) is 0 Å². The zero-order valence-electron chi connectivity index (χ0n) is 9.39. The molecule has 2 rings (SSSR count). The molecule has 1 aromatic carbocycles. The Morgan fingerprint density at radius 1 is 1.38 bits per heavy atom. The fourth-order valence-electron chi connectivity index (χ4n) is 2.32. The molecule has 0 aromatic heterocycles. The van der Waals surface area contributed by atoms with Gasteiger partial charge in [-0.05, 0) is 24.9 Å². The van der Waals surface area contributed by atoms with Crippen molar-refractivity contribution in [1.82, 2.24) is 10.2 Å². The Bertz CT molecular complexity index is 355. The smallest absolute Gasteiger partial charge is 0.176 e. The van der Waals surface area contributed by atoms with Gasteiger partial charge in [0.15, 0.2) is 6.19 Å². The molecular formula is C13H17N3. The molecule has 1 atom stereocenters. The summed E-state index contributed by atoms with van der Waals surface area (Å²) in [5, 5.41) is 11.3. The molecule has 16 heavy (non-hydrogen) atoms. The van der Waals surface area contributed by atoms with Gasteiger partial charge in [0.05, 0.1) is 0 Å². The van der Waals surface area contributed by atoms with Gasteiger partial charge in [-0.1, -0.05) is 30.3 Å². The molecule has 1 heterocycles. The zero-order valence-corrected chi connectivity index (χ0v) is 9.39. The second kappa shape index (κ2) is 5.53. The number of benzene rings is 1. The molecule has 0 spiro atoms. The van der Waals surface area contributed by atoms with E-state index in [2.05, 4.69) is 34.5 Å². The van der Waals surface area contributed by atoms with Crippen LogP contribution in [0.15, 0.2) is 30.3 Å². The van der Waals surface area contributed by atoms with Crippen LogP contribution in [0, 0.1) is 11.5 Å². The normalized spacial score (nSPS) is 20.6. The van der Waals surface area contributed by atoms with Gasteiger partial charge in [-0.15, -0.1) is 0 Å². The molecule has 3 heteroatoms. The molecule has 1 unspecified atom stereocenters. The lowest BCUT2D eigenvalue weighted by molar-refractivity contribution is 0.244. The average Bonchev–Trinajstić information content (AvgIpc) is 2.75. The number of hydrogen-bond acceptors (Lipinski definition) is 3. The lowest BCUT2D eigenvalue weighted by atomic mass is 10.2. The molecule has 1 aromatic rings. The van der Waals surface area contributed by atoms with Gasteiger partial charge in [0.1, 0.15) is 0 Å². The SMILES string of the molecule is N#CNCC1CCCN1Cc1ccccc1. The summed E-state index contributed by atoms with van der Waals surface area (Å²) >= 11 is 0. The third-order valence-corrected chi connectivity index (χ3v) is 3.14. The van der Waals surface area contributed by atoms with Crippen LogP contribution in [0.25, 0.3) is 0 Å². The molecule has 1 aliphatic heterocycles. The maximum absolute atomic E-state index is 8.52. The third kappa shape index (κ3) is 2.74. The first kappa shape index (κ1) is 11.0. The topological polar surface area (TPSA) is 39.1 Å². The molecule has 0 aliphatic carbocycles. The van der Waals surface area contributed by atoms with Gasteiger partial charge in [-0.3, -0.25) is 4.90 Å². The van der Waals surface area contributed by atoms with Crippen molar-refractivity contribution in [2.24, 2.45) is 0 Å². The minimum Gasteiger partial charge on any atom is -0.322 e. The van der Waals surface area contributed by atoms with E-state index in [0.717, 1.165) is 19.6 Å². The van der Waals surface area contributed by atoms with Gasteiger partial charge in [0.25, 0.3) is 0 Å². The maximum Gasteiger partial charge on any atom is 0.176 e. The molecule has 84 valence electrons. The molecule has 0 radical (unpaired) electrons. The van der Waals surface area contributed by atoms with Gasteiger partial charge in [-0.2, -0.15) is 5.26 Å². The highest BCUT2D eigenvalue weighted by molar-refractivity contribution is 5.14. The number of nitrogens with zero attached hydrogens (tertiary/aromatic N) is 2. The monoisotopic (exact) mass is 215 g/mol. The Hall–Kier alpha value is -1.53. The summed E-state index contributed by atoms with van der Waals surface area (Å²) in [5.74, 6) is 0. The summed E-state index contributed by atoms with van der Waals surface area (Å²) in [6.45, 7) is 2.93. The van der Waals surface area contributed by atoms with E-state index >= 15 is 0 Å². The number of nitrogens with one attached hydrogen (secondary N) is 1. The minimum absolute atomic E-state index is 0.514. The Balaban J connectivity index is 1.91. The summed E-state index contributed by atoms with van der Waals surface area (Å²) in [5.41, 5.74) is 1.35. The first-order valence-electron chi connectivity index (χ1n) is 5.80. The second-order valence-electron chi connectivity index (χ2n) is 4.24. The fraction of sp³-hybridized carbons (Fsp3) is 0.462. The highest BCUT2D eigenvalue weighted by Gasteiger charge is 2.23. The molecular weight excluding hydrogens is 198 g/mol. The Labute approximate surface area is 96.7 Å². The van der Waals surface area contributed by atoms with Crippen LogP contribution in [-0.4, -0.2) is 24.0 Å². The molecule has 1 aliphatic rings. The van der Waals surface area contributed by atoms with Crippen molar-refractivity contribution in [2.75, 3.05) is 13.1 Å². The predicted octanol–water partition coefficient (Wildman–Crippen LogP) is 1.72. The van der Waals surface area contributed by atoms with Crippen molar-refractivity contribution >= 4 is 0 Å². The lowest BCUT2D eigenvalue weighted by Gasteiger charge is -2.23. The van der Waals surface area contributed by atoms with Gasteiger partial charge in [0, 0.05) is 19.1 Å². The number of rotatable bonds is 4. The standard InChI is InChI=1S/C13H17N3/c14-11-15-9-13-7-4-8-16(13)10-12-5-2-1-3-6-12/h1-3,5-6,13,15H,4,7-10H2. The van der Waals surface area contributed by atoms with Crippen molar-refractivity contribution < 1.29 is 0 Å². The van der Waals surface area contributed by atoms with E-state index < -0.39 is 0 Å². The maximum atomic E-state index is 8.52. The van der Waals surface area contributed by atoms with Gasteiger partial charge in [-0.25, -0.2) is 0 Å². The summed E-state index contributed by atoms with van der Waals surface area (Å²) in [6.07, 6.45) is 4.44. The van der Waals surface area contributed by atoms with Crippen molar-refractivity contribution in [3.63, 3.8) is 0 Å². The van der Waals surface area contributed by atoms with Crippen LogP contribution < -0.4 is 5.32 Å². The number of nitriles is 1. The van der Waals surface area contributed by atoms with Crippen LogP contribution >= 0.6 is 0 Å². The first-order chi connectivity index (χ1) is 7.90. The molecule has 1 fully saturated rings. The molecule has 0 saturated carbocycles. The molecule has 1 N–H and O–H groups in total.